The lowest BCUT2D eigenvalue weighted by molar-refractivity contribution is -0.160. The SMILES string of the molecule is [B-][P@](=O)(OC[C@H]1O[C@@H](n2cc(C)c(=O)[nH]c2=O)C[C@@H]1N=[N+]=[N-])OP(=O)(O)C(F)(F)P(=O)(O)OCOC(=O)C(C)(C)C. The van der Waals surface area contributed by atoms with E-state index in [0.29, 0.717) is 0 Å². The van der Waals surface area contributed by atoms with E-state index in [1.165, 1.54) is 27.7 Å². The molecule has 0 saturated carbocycles. The lowest BCUT2D eigenvalue weighted by Gasteiger charge is -2.33. The Morgan fingerprint density at radius 2 is 1.88 bits per heavy atom. The molecule has 2 rings (SSSR count). The minimum Gasteiger partial charge on any atom is -0.443 e. The molecule has 1 saturated heterocycles. The number of nitrogens with zero attached hydrogens (tertiary/aromatic N) is 4. The average molecular weight is 649 g/mol. The van der Waals surface area contributed by atoms with Gasteiger partial charge in [-0.05, 0) is 33.2 Å². The summed E-state index contributed by atoms with van der Waals surface area (Å²) in [5.74, 6) is -1.03. The van der Waals surface area contributed by atoms with Crippen molar-refractivity contribution in [1.82, 2.24) is 9.55 Å². The standard InChI is InChI=1S/C17H25BF2N5O13P3/c1-9-6-25(15(28)22-13(9)26)12-5-10(23-24-21)11(37-12)7-35-41(18,33)38-40(31,32)17(19,20)39(29,30)36-8-34-14(27)16(2,3)4/h6,10-12H,5,7-8H2,1-4H3,(H,29,30)(H,31,32)(H,22,26,28)/q-1/t10-,11+,12+,41-/m0/s1. The van der Waals surface area contributed by atoms with E-state index in [1.54, 1.807) is 0 Å². The number of nitrogens with one attached hydrogen (secondary N) is 1. The summed E-state index contributed by atoms with van der Waals surface area (Å²) < 4.78 is 89.1. The second-order valence-corrected chi connectivity index (χ2v) is 15.3. The number of carbonyl (C=O) groups excluding carboxylic acids is 1. The van der Waals surface area contributed by atoms with Crippen LogP contribution in [-0.4, -0.2) is 63.8 Å². The fraction of sp³-hybridized carbons (Fsp3) is 0.706. The molecule has 0 bridgehead atoms. The lowest BCUT2D eigenvalue weighted by Crippen LogP contribution is -2.33. The van der Waals surface area contributed by atoms with Crippen LogP contribution in [0.1, 0.15) is 39.0 Å². The fourth-order valence-corrected chi connectivity index (χ4v) is 7.33. The smallest absolute Gasteiger partial charge is 0.443 e. The lowest BCUT2D eigenvalue weighted by atomic mass is 9.98. The highest BCUT2D eigenvalue weighted by Gasteiger charge is 2.67. The number of halogens is 2. The van der Waals surface area contributed by atoms with Crippen LogP contribution in [0.25, 0.3) is 10.4 Å². The van der Waals surface area contributed by atoms with Gasteiger partial charge in [-0.1, -0.05) is 5.11 Å². The molecule has 1 fully saturated rings. The topological polar surface area (TPSA) is 259 Å². The second kappa shape index (κ2) is 12.6. The molecule has 24 heteroatoms. The first-order valence-electron chi connectivity index (χ1n) is 11.2. The number of ether oxygens (including phenoxy) is 2. The minimum absolute atomic E-state index is 0.116. The highest BCUT2D eigenvalue weighted by molar-refractivity contribution is 7.86. The van der Waals surface area contributed by atoms with Crippen LogP contribution in [0, 0.1) is 12.3 Å². The summed E-state index contributed by atoms with van der Waals surface area (Å²) in [6, 6.07) is -1.15. The van der Waals surface area contributed by atoms with Gasteiger partial charge in [-0.25, -0.2) is 4.79 Å². The van der Waals surface area contributed by atoms with Crippen molar-refractivity contribution in [3.63, 3.8) is 0 Å². The quantitative estimate of drug-likeness (QED) is 0.0560. The van der Waals surface area contributed by atoms with Crippen LogP contribution in [0.5, 0.6) is 0 Å². The summed E-state index contributed by atoms with van der Waals surface area (Å²) in [6.07, 6.45) is -1.60. The number of H-pyrrole nitrogens is 1. The van der Waals surface area contributed by atoms with Gasteiger partial charge in [-0.15, -0.1) is 0 Å². The van der Waals surface area contributed by atoms with E-state index in [4.69, 9.17) is 17.8 Å². The van der Waals surface area contributed by atoms with E-state index in [0.717, 1.165) is 10.8 Å². The first-order chi connectivity index (χ1) is 18.5. The molecule has 2 heterocycles. The van der Waals surface area contributed by atoms with Crippen molar-refractivity contribution in [3.05, 3.63) is 43.0 Å². The number of aromatic nitrogens is 2. The van der Waals surface area contributed by atoms with Gasteiger partial charge in [0.2, 0.25) is 6.79 Å². The van der Waals surface area contributed by atoms with Gasteiger partial charge in [0.15, 0.2) is 0 Å². The molecule has 41 heavy (non-hydrogen) atoms. The Morgan fingerprint density at radius 1 is 1.27 bits per heavy atom. The Labute approximate surface area is 230 Å². The largest absolute Gasteiger partial charge is 0.444 e. The van der Waals surface area contributed by atoms with Crippen molar-refractivity contribution in [3.8, 4) is 0 Å². The Bertz CT molecular complexity index is 1470. The third kappa shape index (κ3) is 8.45. The molecule has 18 nitrogen and oxygen atoms in total. The van der Waals surface area contributed by atoms with Gasteiger partial charge < -0.3 is 35.9 Å². The summed E-state index contributed by atoms with van der Waals surface area (Å²) >= 11 is 0. The number of alkyl halides is 2. The van der Waals surface area contributed by atoms with E-state index in [9.17, 15) is 46.6 Å². The molecule has 229 valence electrons. The zero-order valence-electron chi connectivity index (χ0n) is 21.8. The van der Waals surface area contributed by atoms with Gasteiger partial charge >= 0.3 is 32.3 Å². The molecule has 1 aromatic heterocycles. The summed E-state index contributed by atoms with van der Waals surface area (Å²) in [5.41, 5.74) is 6.21. The number of hydrogen-bond acceptors (Lipinski definition) is 12. The molecule has 1 aromatic rings. The van der Waals surface area contributed by atoms with E-state index in [1.807, 2.05) is 4.98 Å². The number of aromatic amines is 1. The Hall–Kier alpha value is -2.17. The van der Waals surface area contributed by atoms with Crippen LogP contribution in [0.3, 0.4) is 0 Å². The molecular weight excluding hydrogens is 624 g/mol. The summed E-state index contributed by atoms with van der Waals surface area (Å²) in [6.45, 7) is 2.99. The molecule has 0 aromatic carbocycles. The van der Waals surface area contributed by atoms with Gasteiger partial charge in [0.25, 0.3) is 5.56 Å². The van der Waals surface area contributed by atoms with Crippen LogP contribution < -0.4 is 11.2 Å². The summed E-state index contributed by atoms with van der Waals surface area (Å²) in [4.78, 5) is 59.3. The highest BCUT2D eigenvalue weighted by Crippen LogP contribution is 2.79. The molecule has 1 aliphatic heterocycles. The Kier molecular flexibility index (Phi) is 10.8. The van der Waals surface area contributed by atoms with Gasteiger partial charge in [0, 0.05) is 23.1 Å². The number of carbonyl (C=O) groups is 1. The molecule has 3 N–H and O–H groups in total. The fourth-order valence-electron chi connectivity index (χ4n) is 3.03. The molecule has 2 unspecified atom stereocenters. The number of hydrogen-bond donors (Lipinski definition) is 3. The van der Waals surface area contributed by atoms with Crippen LogP contribution in [0.15, 0.2) is 20.9 Å². The first kappa shape index (κ1) is 35.0. The predicted molar refractivity (Wildman–Crippen MR) is 134 cm³/mol. The maximum Gasteiger partial charge on any atom is 0.444 e. The maximum absolute atomic E-state index is 14.5. The number of azide groups is 1. The van der Waals surface area contributed by atoms with Crippen LogP contribution in [0.2, 0.25) is 0 Å². The highest BCUT2D eigenvalue weighted by atomic mass is 31.3. The maximum atomic E-state index is 14.5. The zero-order valence-corrected chi connectivity index (χ0v) is 24.5. The van der Waals surface area contributed by atoms with E-state index in [2.05, 4.69) is 28.1 Å². The van der Waals surface area contributed by atoms with Gasteiger partial charge in [-0.3, -0.25) is 37.1 Å². The van der Waals surface area contributed by atoms with Crippen LogP contribution >= 0.6 is 22.7 Å². The molecule has 0 aliphatic carbocycles. The van der Waals surface area contributed by atoms with Crippen LogP contribution in [-0.2, 0) is 41.3 Å². The van der Waals surface area contributed by atoms with Gasteiger partial charge in [-0.2, -0.15) is 8.78 Å². The van der Waals surface area contributed by atoms with Crippen LogP contribution in [0.4, 0.5) is 8.78 Å². The normalized spacial score (nSPS) is 24.0. The Balaban J connectivity index is 2.13. The molecule has 0 spiro atoms. The minimum atomic E-state index is -6.73. The molecule has 1 aliphatic rings. The van der Waals surface area contributed by atoms with Crippen molar-refractivity contribution in [1.29, 1.82) is 0 Å². The average Bonchev–Trinajstić information content (AvgIpc) is 3.21. The Morgan fingerprint density at radius 3 is 2.44 bits per heavy atom. The van der Waals surface area contributed by atoms with Crippen molar-refractivity contribution < 1.29 is 59.9 Å². The number of esters is 1. The summed E-state index contributed by atoms with van der Waals surface area (Å²) in [7, 11) is -13.5. The molecule has 0 amide bonds. The first-order valence-corrected chi connectivity index (χ1v) is 15.9. The predicted octanol–water partition coefficient (Wildman–Crippen LogP) is 2.61. The van der Waals surface area contributed by atoms with Crippen molar-refractivity contribution in [2.75, 3.05) is 13.4 Å². The monoisotopic (exact) mass is 649 g/mol. The third-order valence-corrected chi connectivity index (χ3v) is 10.9. The molecule has 3 radical (unpaired) electrons. The van der Waals surface area contributed by atoms with E-state index >= 15 is 0 Å². The second-order valence-electron chi connectivity index (χ2n) is 9.51. The van der Waals surface area contributed by atoms with E-state index < -0.39 is 82.5 Å². The van der Waals surface area contributed by atoms with Crippen molar-refractivity contribution in [2.45, 2.75) is 57.9 Å². The van der Waals surface area contributed by atoms with Crippen molar-refractivity contribution in [2.24, 2.45) is 10.5 Å². The van der Waals surface area contributed by atoms with E-state index in [-0.39, 0.29) is 12.0 Å². The molecular formula is C17H25BF2N5O13P3-. The number of aryl methyl sites for hydroxylation is 1. The number of rotatable bonds is 12. The van der Waals surface area contributed by atoms with Gasteiger partial charge in [0.1, 0.15) is 6.23 Å². The molecule has 6 atom stereocenters. The van der Waals surface area contributed by atoms with Crippen molar-refractivity contribution >= 4 is 36.2 Å². The van der Waals surface area contributed by atoms with Gasteiger partial charge in [0.05, 0.1) is 31.6 Å². The summed E-state index contributed by atoms with van der Waals surface area (Å²) in [5, 5.41) is -2.22. The third-order valence-electron chi connectivity index (χ3n) is 5.21. The zero-order chi connectivity index (χ0) is 31.6.